The number of nitrogens with one attached hydrogen (secondary N) is 4. The third kappa shape index (κ3) is 6.34. The van der Waals surface area contributed by atoms with Crippen molar-refractivity contribution in [2.24, 2.45) is 0 Å². The number of hydrogen-bond acceptors (Lipinski definition) is 6. The second-order valence-electron chi connectivity index (χ2n) is 6.68. The molecule has 0 radical (unpaired) electrons. The van der Waals surface area contributed by atoms with E-state index in [1.54, 1.807) is 42.5 Å². The van der Waals surface area contributed by atoms with Gasteiger partial charge in [-0.3, -0.25) is 40.7 Å². The van der Waals surface area contributed by atoms with Crippen molar-refractivity contribution in [2.45, 2.75) is 0 Å². The Bertz CT molecular complexity index is 1270. The predicted molar refractivity (Wildman–Crippen MR) is 130 cm³/mol. The van der Waals surface area contributed by atoms with Gasteiger partial charge in [0.25, 0.3) is 23.4 Å². The number of benzene rings is 3. The van der Waals surface area contributed by atoms with Gasteiger partial charge in [0.05, 0.1) is 4.92 Å². The van der Waals surface area contributed by atoms with Crippen LogP contribution in [0.2, 0.25) is 5.02 Å². The number of thiocarbonyl (C=S) groups is 1. The lowest BCUT2D eigenvalue weighted by Gasteiger charge is -2.11. The van der Waals surface area contributed by atoms with Crippen molar-refractivity contribution in [3.05, 3.63) is 105 Å². The third-order valence-corrected chi connectivity index (χ3v) is 4.89. The van der Waals surface area contributed by atoms with Gasteiger partial charge in [-0.2, -0.15) is 0 Å². The van der Waals surface area contributed by atoms with Gasteiger partial charge in [0, 0.05) is 28.4 Å². The number of nitro benzene ring substituents is 1. The van der Waals surface area contributed by atoms with Crippen LogP contribution in [0.4, 0.5) is 11.4 Å². The number of halogens is 1. The lowest BCUT2D eigenvalue weighted by Crippen LogP contribution is -2.48. The van der Waals surface area contributed by atoms with Crippen LogP contribution < -0.4 is 21.5 Å². The third-order valence-electron chi connectivity index (χ3n) is 4.36. The number of anilines is 1. The highest BCUT2D eigenvalue weighted by Crippen LogP contribution is 2.25. The fourth-order valence-corrected chi connectivity index (χ4v) is 3.01. The summed E-state index contributed by atoms with van der Waals surface area (Å²) in [6, 6.07) is 18.3. The highest BCUT2D eigenvalue weighted by molar-refractivity contribution is 7.80. The summed E-state index contributed by atoms with van der Waals surface area (Å²) in [6.45, 7) is 0. The minimum Gasteiger partial charge on any atom is -0.322 e. The zero-order chi connectivity index (χ0) is 24.7. The van der Waals surface area contributed by atoms with E-state index in [-0.39, 0.29) is 27.2 Å². The van der Waals surface area contributed by atoms with E-state index >= 15 is 0 Å². The molecule has 3 aromatic carbocycles. The first-order valence-corrected chi connectivity index (χ1v) is 10.4. The predicted octanol–water partition coefficient (Wildman–Crippen LogP) is 3.45. The van der Waals surface area contributed by atoms with E-state index in [0.717, 1.165) is 6.07 Å². The van der Waals surface area contributed by atoms with Crippen LogP contribution >= 0.6 is 23.8 Å². The average molecular weight is 498 g/mol. The zero-order valence-corrected chi connectivity index (χ0v) is 18.8. The van der Waals surface area contributed by atoms with E-state index in [9.17, 15) is 24.5 Å². The molecule has 3 aromatic rings. The lowest BCUT2D eigenvalue weighted by molar-refractivity contribution is -0.384. The first-order valence-electron chi connectivity index (χ1n) is 9.56. The molecule has 0 aliphatic rings. The van der Waals surface area contributed by atoms with Crippen molar-refractivity contribution in [1.82, 2.24) is 16.2 Å². The quantitative estimate of drug-likeness (QED) is 0.240. The van der Waals surface area contributed by atoms with Gasteiger partial charge in [0.15, 0.2) is 5.11 Å². The Labute approximate surface area is 203 Å². The Balaban J connectivity index is 1.51. The molecule has 0 aromatic heterocycles. The van der Waals surface area contributed by atoms with Crippen LogP contribution in [-0.2, 0) is 0 Å². The van der Waals surface area contributed by atoms with E-state index in [2.05, 4.69) is 21.5 Å². The Morgan fingerprint density at radius 2 is 1.41 bits per heavy atom. The highest BCUT2D eigenvalue weighted by atomic mass is 35.5. The molecule has 0 saturated heterocycles. The summed E-state index contributed by atoms with van der Waals surface area (Å²) >= 11 is 10.7. The summed E-state index contributed by atoms with van der Waals surface area (Å²) in [6.07, 6.45) is 0. The molecule has 0 aliphatic heterocycles. The summed E-state index contributed by atoms with van der Waals surface area (Å²) in [4.78, 5) is 46.9. The summed E-state index contributed by atoms with van der Waals surface area (Å²) in [5.74, 6) is -1.57. The van der Waals surface area contributed by atoms with E-state index in [0.29, 0.717) is 11.3 Å². The maximum Gasteiger partial charge on any atom is 0.288 e. The van der Waals surface area contributed by atoms with E-state index < -0.39 is 22.4 Å². The molecular formula is C22H16ClN5O5S. The molecule has 0 bridgehead atoms. The number of carbonyl (C=O) groups is 3. The first kappa shape index (κ1) is 24.3. The summed E-state index contributed by atoms with van der Waals surface area (Å²) in [7, 11) is 0. The maximum atomic E-state index is 12.3. The molecule has 12 heteroatoms. The van der Waals surface area contributed by atoms with E-state index in [1.165, 1.54) is 24.3 Å². The summed E-state index contributed by atoms with van der Waals surface area (Å²) < 4.78 is 0. The molecule has 3 amide bonds. The number of nitro groups is 1. The molecule has 34 heavy (non-hydrogen) atoms. The van der Waals surface area contributed by atoms with Crippen molar-refractivity contribution >= 4 is 58.0 Å². The minimum absolute atomic E-state index is 0.0419. The molecule has 10 nitrogen and oxygen atoms in total. The average Bonchev–Trinajstić information content (AvgIpc) is 2.83. The first-order chi connectivity index (χ1) is 16.2. The van der Waals surface area contributed by atoms with E-state index in [4.69, 9.17) is 23.8 Å². The molecule has 0 aliphatic carbocycles. The number of nitrogens with zero attached hydrogens (tertiary/aromatic N) is 1. The van der Waals surface area contributed by atoms with Crippen LogP contribution in [-0.4, -0.2) is 27.8 Å². The van der Waals surface area contributed by atoms with Gasteiger partial charge in [0.1, 0.15) is 5.02 Å². The monoisotopic (exact) mass is 497 g/mol. The largest absolute Gasteiger partial charge is 0.322 e. The number of carbonyl (C=O) groups excluding carboxylic acids is 3. The molecule has 172 valence electrons. The fraction of sp³-hybridized carbons (Fsp3) is 0. The van der Waals surface area contributed by atoms with E-state index in [1.807, 2.05) is 0 Å². The smallest absolute Gasteiger partial charge is 0.288 e. The molecule has 0 atom stereocenters. The Kier molecular flexibility index (Phi) is 7.85. The topological polar surface area (TPSA) is 142 Å². The van der Waals surface area contributed by atoms with Gasteiger partial charge >= 0.3 is 0 Å². The van der Waals surface area contributed by atoms with Crippen LogP contribution in [0.15, 0.2) is 72.8 Å². The maximum absolute atomic E-state index is 12.3. The van der Waals surface area contributed by atoms with Crippen LogP contribution in [0.5, 0.6) is 0 Å². The zero-order valence-electron chi connectivity index (χ0n) is 17.2. The second kappa shape index (κ2) is 11.0. The van der Waals surface area contributed by atoms with Crippen molar-refractivity contribution < 1.29 is 19.3 Å². The van der Waals surface area contributed by atoms with Gasteiger partial charge in [-0.25, -0.2) is 0 Å². The Morgan fingerprint density at radius 1 is 0.794 bits per heavy atom. The lowest BCUT2D eigenvalue weighted by atomic mass is 10.1. The van der Waals surface area contributed by atoms with Crippen LogP contribution in [0, 0.1) is 10.1 Å². The van der Waals surface area contributed by atoms with Gasteiger partial charge in [-0.05, 0) is 60.7 Å². The number of rotatable bonds is 5. The number of hydrazine groups is 1. The molecule has 0 fully saturated rings. The van der Waals surface area contributed by atoms with Crippen molar-refractivity contribution in [2.75, 3.05) is 5.32 Å². The van der Waals surface area contributed by atoms with Crippen molar-refractivity contribution in [3.8, 4) is 0 Å². The van der Waals surface area contributed by atoms with Gasteiger partial charge in [0.2, 0.25) is 0 Å². The van der Waals surface area contributed by atoms with Crippen LogP contribution in [0.25, 0.3) is 0 Å². The molecule has 0 heterocycles. The van der Waals surface area contributed by atoms with Crippen LogP contribution in [0.1, 0.15) is 31.1 Å². The number of amides is 3. The minimum atomic E-state index is -0.731. The molecule has 0 unspecified atom stereocenters. The second-order valence-corrected chi connectivity index (χ2v) is 7.50. The molecule has 0 saturated carbocycles. The summed E-state index contributed by atoms with van der Waals surface area (Å²) in [5, 5.41) is 15.6. The molecule has 3 rings (SSSR count). The molecule has 4 N–H and O–H groups in total. The van der Waals surface area contributed by atoms with Gasteiger partial charge < -0.3 is 5.32 Å². The van der Waals surface area contributed by atoms with Crippen molar-refractivity contribution in [3.63, 3.8) is 0 Å². The van der Waals surface area contributed by atoms with Crippen LogP contribution in [0.3, 0.4) is 0 Å². The standard InChI is InChI=1S/C22H16ClN5O5S/c23-17-11-8-15(12-18(17)28(32)33)20(30)25-22(34)27-26-21(31)14-6-9-16(10-7-14)24-19(29)13-4-2-1-3-5-13/h1-12H,(H,24,29)(H,26,31)(H2,25,27,30,34). The SMILES string of the molecule is O=C(NNC(=S)NC(=O)c1ccc(Cl)c([N+](=O)[O-])c1)c1ccc(NC(=O)c2ccccc2)cc1. The normalized spacial score (nSPS) is 10.0. The molecular weight excluding hydrogens is 482 g/mol. The van der Waals surface area contributed by atoms with Crippen molar-refractivity contribution in [1.29, 1.82) is 0 Å². The van der Waals surface area contributed by atoms with Gasteiger partial charge in [-0.1, -0.05) is 29.8 Å². The highest BCUT2D eigenvalue weighted by Gasteiger charge is 2.17. The number of hydrogen-bond donors (Lipinski definition) is 4. The Morgan fingerprint density at radius 3 is 2.06 bits per heavy atom. The Hall–Kier alpha value is -4.35. The summed E-state index contributed by atoms with van der Waals surface area (Å²) in [5.41, 5.74) is 5.47. The molecule has 0 spiro atoms. The van der Waals surface area contributed by atoms with Gasteiger partial charge in [-0.15, -0.1) is 0 Å². The fourth-order valence-electron chi connectivity index (χ4n) is 2.68.